The van der Waals surface area contributed by atoms with Crippen LogP contribution in [-0.4, -0.2) is 44.9 Å². The number of rotatable bonds is 8. The first kappa shape index (κ1) is 16.6. The molecule has 102 valence electrons. The van der Waals surface area contributed by atoms with Crippen molar-refractivity contribution >= 4 is 18.3 Å². The highest BCUT2D eigenvalue weighted by Crippen LogP contribution is 2.38. The molecule has 0 radical (unpaired) electrons. The van der Waals surface area contributed by atoms with Crippen LogP contribution >= 0.6 is 12.4 Å². The summed E-state index contributed by atoms with van der Waals surface area (Å²) in [5, 5.41) is 2.95. The van der Waals surface area contributed by atoms with Crippen molar-refractivity contribution in [1.29, 1.82) is 0 Å². The van der Waals surface area contributed by atoms with E-state index in [0.717, 1.165) is 12.8 Å². The Morgan fingerprint density at radius 1 is 1.47 bits per heavy atom. The minimum absolute atomic E-state index is 0. The number of methoxy groups -OCH3 is 1. The second-order valence-electron chi connectivity index (χ2n) is 4.49. The third kappa shape index (κ3) is 5.68. The van der Waals surface area contributed by atoms with Crippen LogP contribution in [0, 0.1) is 5.92 Å². The van der Waals surface area contributed by atoms with Gasteiger partial charge >= 0.3 is 0 Å². The van der Waals surface area contributed by atoms with Crippen molar-refractivity contribution in [2.24, 2.45) is 11.7 Å². The highest BCUT2D eigenvalue weighted by molar-refractivity contribution is 5.85. The van der Waals surface area contributed by atoms with Gasteiger partial charge in [0.2, 0.25) is 5.91 Å². The molecule has 1 aliphatic carbocycles. The van der Waals surface area contributed by atoms with E-state index < -0.39 is 0 Å². The van der Waals surface area contributed by atoms with Crippen molar-refractivity contribution in [2.45, 2.75) is 25.3 Å². The molecule has 0 heterocycles. The molecule has 1 aliphatic rings. The fourth-order valence-electron chi connectivity index (χ4n) is 1.70. The molecule has 1 unspecified atom stereocenters. The fraction of sp³-hybridized carbons (Fsp3) is 0.909. The molecule has 0 aromatic heterocycles. The second-order valence-corrected chi connectivity index (χ2v) is 4.49. The van der Waals surface area contributed by atoms with Crippen LogP contribution < -0.4 is 11.1 Å². The predicted molar refractivity (Wildman–Crippen MR) is 68.3 cm³/mol. The number of amides is 1. The third-order valence-electron chi connectivity index (χ3n) is 2.99. The van der Waals surface area contributed by atoms with Crippen LogP contribution in [0.1, 0.15) is 19.8 Å². The Morgan fingerprint density at radius 2 is 2.12 bits per heavy atom. The van der Waals surface area contributed by atoms with Crippen molar-refractivity contribution in [3.05, 3.63) is 0 Å². The Balaban J connectivity index is 0.00000256. The molecule has 1 saturated carbocycles. The lowest BCUT2D eigenvalue weighted by atomic mass is 9.96. The van der Waals surface area contributed by atoms with Crippen LogP contribution in [0.2, 0.25) is 0 Å². The van der Waals surface area contributed by atoms with E-state index in [0.29, 0.717) is 25.7 Å². The normalized spacial score (nSPS) is 18.1. The van der Waals surface area contributed by atoms with Crippen molar-refractivity contribution in [3.8, 4) is 0 Å². The Bertz CT molecular complexity index is 237. The molecule has 0 saturated heterocycles. The van der Waals surface area contributed by atoms with E-state index in [1.54, 1.807) is 7.11 Å². The lowest BCUT2D eigenvalue weighted by Crippen LogP contribution is -2.54. The van der Waals surface area contributed by atoms with Crippen LogP contribution in [0.25, 0.3) is 0 Å². The highest BCUT2D eigenvalue weighted by atomic mass is 35.5. The zero-order chi connectivity index (χ0) is 12.0. The lowest BCUT2D eigenvalue weighted by Gasteiger charge is -2.29. The van der Waals surface area contributed by atoms with Gasteiger partial charge in [-0.05, 0) is 25.7 Å². The number of nitrogens with two attached hydrogens (primary N) is 1. The van der Waals surface area contributed by atoms with Gasteiger partial charge in [0.15, 0.2) is 0 Å². The summed E-state index contributed by atoms with van der Waals surface area (Å²) in [5.74, 6) is 0.427. The molecule has 3 N–H and O–H groups in total. The molecular weight excluding hydrogens is 244 g/mol. The monoisotopic (exact) mass is 266 g/mol. The maximum atomic E-state index is 11.6. The topological polar surface area (TPSA) is 73.6 Å². The van der Waals surface area contributed by atoms with Gasteiger partial charge in [-0.3, -0.25) is 4.79 Å². The summed E-state index contributed by atoms with van der Waals surface area (Å²) in [6.45, 7) is 3.49. The molecule has 0 aliphatic heterocycles. The molecule has 17 heavy (non-hydrogen) atoms. The maximum absolute atomic E-state index is 11.6. The van der Waals surface area contributed by atoms with Crippen LogP contribution in [0.3, 0.4) is 0 Å². The zero-order valence-electron chi connectivity index (χ0n) is 10.5. The van der Waals surface area contributed by atoms with Crippen LogP contribution in [0.5, 0.6) is 0 Å². The highest BCUT2D eigenvalue weighted by Gasteiger charge is 2.41. The van der Waals surface area contributed by atoms with Gasteiger partial charge in [0.05, 0.1) is 18.8 Å². The standard InChI is InChI=1S/C11H22N2O3.ClH/c1-11(8-12,9-3-4-9)13-10(14)7-16-6-5-15-2;/h9H,3-8,12H2,1-2H3,(H,13,14);1H. The molecule has 1 amide bonds. The van der Waals surface area contributed by atoms with Gasteiger partial charge in [-0.15, -0.1) is 12.4 Å². The van der Waals surface area contributed by atoms with Gasteiger partial charge in [-0.25, -0.2) is 0 Å². The molecule has 0 spiro atoms. The molecule has 0 aromatic carbocycles. The number of carbonyl (C=O) groups is 1. The smallest absolute Gasteiger partial charge is 0.246 e. The summed E-state index contributed by atoms with van der Waals surface area (Å²) >= 11 is 0. The minimum atomic E-state index is -0.262. The largest absolute Gasteiger partial charge is 0.382 e. The number of hydrogen-bond acceptors (Lipinski definition) is 4. The summed E-state index contributed by atoms with van der Waals surface area (Å²) in [6.07, 6.45) is 2.30. The van der Waals surface area contributed by atoms with E-state index in [4.69, 9.17) is 15.2 Å². The van der Waals surface area contributed by atoms with E-state index in [1.807, 2.05) is 6.92 Å². The Kier molecular flexibility index (Phi) is 7.70. The minimum Gasteiger partial charge on any atom is -0.382 e. The predicted octanol–water partition coefficient (Wildman–Crippen LogP) is 0.315. The molecule has 0 bridgehead atoms. The SMILES string of the molecule is COCCOCC(=O)NC(C)(CN)C1CC1.Cl. The molecule has 1 fully saturated rings. The van der Waals surface area contributed by atoms with Gasteiger partial charge in [-0.2, -0.15) is 0 Å². The van der Waals surface area contributed by atoms with E-state index in [1.165, 1.54) is 0 Å². The maximum Gasteiger partial charge on any atom is 0.246 e. The first-order chi connectivity index (χ1) is 7.62. The molecule has 1 rings (SSSR count). The van der Waals surface area contributed by atoms with Gasteiger partial charge in [0, 0.05) is 13.7 Å². The second kappa shape index (κ2) is 7.87. The Labute approximate surface area is 109 Å². The summed E-state index contributed by atoms with van der Waals surface area (Å²) in [7, 11) is 1.60. The first-order valence-corrected chi connectivity index (χ1v) is 5.70. The Morgan fingerprint density at radius 3 is 2.59 bits per heavy atom. The summed E-state index contributed by atoms with van der Waals surface area (Å²) in [6, 6.07) is 0. The van der Waals surface area contributed by atoms with E-state index in [2.05, 4.69) is 5.32 Å². The number of nitrogens with one attached hydrogen (secondary N) is 1. The average molecular weight is 267 g/mol. The Hall–Kier alpha value is -0.360. The van der Waals surface area contributed by atoms with Crippen molar-refractivity contribution in [2.75, 3.05) is 33.5 Å². The lowest BCUT2D eigenvalue weighted by molar-refractivity contribution is -0.128. The first-order valence-electron chi connectivity index (χ1n) is 5.70. The molecular formula is C11H23ClN2O3. The van der Waals surface area contributed by atoms with Gasteiger partial charge in [0.1, 0.15) is 6.61 Å². The third-order valence-corrected chi connectivity index (χ3v) is 2.99. The zero-order valence-corrected chi connectivity index (χ0v) is 11.3. The number of halogens is 1. The number of hydrogen-bond donors (Lipinski definition) is 2. The fourth-order valence-corrected chi connectivity index (χ4v) is 1.70. The van der Waals surface area contributed by atoms with Crippen molar-refractivity contribution in [3.63, 3.8) is 0 Å². The summed E-state index contributed by atoms with van der Waals surface area (Å²) in [5.41, 5.74) is 5.43. The van der Waals surface area contributed by atoms with Gasteiger partial charge in [0.25, 0.3) is 0 Å². The van der Waals surface area contributed by atoms with Crippen LogP contribution in [-0.2, 0) is 14.3 Å². The van der Waals surface area contributed by atoms with Crippen LogP contribution in [0.15, 0.2) is 0 Å². The summed E-state index contributed by atoms with van der Waals surface area (Å²) in [4.78, 5) is 11.6. The average Bonchev–Trinajstić information content (AvgIpc) is 3.08. The molecule has 6 heteroatoms. The van der Waals surface area contributed by atoms with Crippen molar-refractivity contribution in [1.82, 2.24) is 5.32 Å². The van der Waals surface area contributed by atoms with E-state index in [9.17, 15) is 4.79 Å². The van der Waals surface area contributed by atoms with Gasteiger partial charge in [-0.1, -0.05) is 0 Å². The number of carbonyl (C=O) groups excluding carboxylic acids is 1. The molecule has 0 aromatic rings. The van der Waals surface area contributed by atoms with E-state index in [-0.39, 0.29) is 30.5 Å². The summed E-state index contributed by atoms with van der Waals surface area (Å²) < 4.78 is 9.97. The molecule has 1 atom stereocenters. The van der Waals surface area contributed by atoms with Gasteiger partial charge < -0.3 is 20.5 Å². The molecule has 5 nitrogen and oxygen atoms in total. The quantitative estimate of drug-likeness (QED) is 0.621. The number of ether oxygens (including phenoxy) is 2. The van der Waals surface area contributed by atoms with Crippen molar-refractivity contribution < 1.29 is 14.3 Å². The van der Waals surface area contributed by atoms with Crippen LogP contribution in [0.4, 0.5) is 0 Å². The van der Waals surface area contributed by atoms with E-state index >= 15 is 0 Å².